The standard InChI is InChI=1S/C11H14N4O2S2/c1-9-4-5-10(15-14-9)12-6-7-13-19(16,17)11-3-2-8-18-11/h2-5,8,13H,6-7H2,1H3,(H,12,15). The molecule has 0 aliphatic heterocycles. The number of rotatable bonds is 6. The molecular formula is C11H14N4O2S2. The van der Waals surface area contributed by atoms with Gasteiger partial charge in [0, 0.05) is 13.1 Å². The first kappa shape index (κ1) is 13.9. The van der Waals surface area contributed by atoms with Crippen molar-refractivity contribution in [3.05, 3.63) is 35.3 Å². The molecule has 2 aromatic heterocycles. The zero-order valence-corrected chi connectivity index (χ0v) is 12.0. The molecule has 0 aliphatic rings. The summed E-state index contributed by atoms with van der Waals surface area (Å²) < 4.78 is 26.4. The van der Waals surface area contributed by atoms with Gasteiger partial charge in [-0.15, -0.1) is 16.4 Å². The van der Waals surface area contributed by atoms with Crippen LogP contribution in [0.5, 0.6) is 0 Å². The first-order chi connectivity index (χ1) is 9.08. The third-order valence-corrected chi connectivity index (χ3v) is 5.14. The predicted octanol–water partition coefficient (Wildman–Crippen LogP) is 1.24. The van der Waals surface area contributed by atoms with Crippen LogP contribution in [0.3, 0.4) is 0 Å². The van der Waals surface area contributed by atoms with Gasteiger partial charge in [-0.2, -0.15) is 5.10 Å². The fourth-order valence-corrected chi connectivity index (χ4v) is 3.43. The summed E-state index contributed by atoms with van der Waals surface area (Å²) in [4.78, 5) is 0. The zero-order valence-electron chi connectivity index (χ0n) is 10.3. The van der Waals surface area contributed by atoms with Crippen molar-refractivity contribution in [2.45, 2.75) is 11.1 Å². The van der Waals surface area contributed by atoms with Crippen molar-refractivity contribution in [1.82, 2.24) is 14.9 Å². The van der Waals surface area contributed by atoms with Gasteiger partial charge in [0.25, 0.3) is 0 Å². The number of nitrogens with one attached hydrogen (secondary N) is 2. The van der Waals surface area contributed by atoms with Crippen LogP contribution in [-0.4, -0.2) is 31.7 Å². The lowest BCUT2D eigenvalue weighted by Crippen LogP contribution is -2.28. The fraction of sp³-hybridized carbons (Fsp3) is 0.273. The number of sulfonamides is 1. The molecule has 19 heavy (non-hydrogen) atoms. The smallest absolute Gasteiger partial charge is 0.250 e. The van der Waals surface area contributed by atoms with Crippen LogP contribution in [0, 0.1) is 6.92 Å². The second-order valence-corrected chi connectivity index (χ2v) is 6.76. The third kappa shape index (κ3) is 3.98. The van der Waals surface area contributed by atoms with Crippen LogP contribution in [0.15, 0.2) is 33.9 Å². The molecule has 2 rings (SSSR count). The molecule has 8 heteroatoms. The minimum absolute atomic E-state index is 0.287. The van der Waals surface area contributed by atoms with Crippen molar-refractivity contribution >= 4 is 27.2 Å². The maximum absolute atomic E-state index is 11.8. The van der Waals surface area contributed by atoms with E-state index in [-0.39, 0.29) is 6.54 Å². The Labute approximate surface area is 115 Å². The molecule has 0 aromatic carbocycles. The van der Waals surface area contributed by atoms with Gasteiger partial charge in [-0.25, -0.2) is 13.1 Å². The van der Waals surface area contributed by atoms with Gasteiger partial charge >= 0.3 is 0 Å². The number of nitrogens with zero attached hydrogens (tertiary/aromatic N) is 2. The molecule has 0 radical (unpaired) electrons. The quantitative estimate of drug-likeness (QED) is 0.784. The summed E-state index contributed by atoms with van der Waals surface area (Å²) in [6.07, 6.45) is 0. The number of aryl methyl sites for hydroxylation is 1. The van der Waals surface area contributed by atoms with Crippen LogP contribution >= 0.6 is 11.3 Å². The average molecular weight is 298 g/mol. The lowest BCUT2D eigenvalue weighted by molar-refractivity contribution is 0.585. The van der Waals surface area contributed by atoms with Crippen molar-refractivity contribution in [1.29, 1.82) is 0 Å². The molecule has 0 fully saturated rings. The maximum Gasteiger partial charge on any atom is 0.250 e. The number of hydrogen-bond acceptors (Lipinski definition) is 6. The molecule has 6 nitrogen and oxygen atoms in total. The molecule has 0 unspecified atom stereocenters. The van der Waals surface area contributed by atoms with Crippen LogP contribution in [0.25, 0.3) is 0 Å². The SMILES string of the molecule is Cc1ccc(NCCNS(=O)(=O)c2cccs2)nn1. The van der Waals surface area contributed by atoms with E-state index in [2.05, 4.69) is 20.2 Å². The van der Waals surface area contributed by atoms with E-state index in [1.54, 1.807) is 23.6 Å². The van der Waals surface area contributed by atoms with E-state index in [1.165, 1.54) is 11.3 Å². The first-order valence-electron chi connectivity index (χ1n) is 5.65. The zero-order chi connectivity index (χ0) is 13.7. The van der Waals surface area contributed by atoms with Crippen LogP contribution in [0.4, 0.5) is 5.82 Å². The van der Waals surface area contributed by atoms with Gasteiger partial charge in [-0.05, 0) is 30.5 Å². The largest absolute Gasteiger partial charge is 0.367 e. The highest BCUT2D eigenvalue weighted by Gasteiger charge is 2.13. The third-order valence-electron chi connectivity index (χ3n) is 2.28. The molecule has 0 saturated heterocycles. The van der Waals surface area contributed by atoms with Crippen molar-refractivity contribution in [2.24, 2.45) is 0 Å². The molecular weight excluding hydrogens is 284 g/mol. The Hall–Kier alpha value is -1.51. The van der Waals surface area contributed by atoms with Gasteiger partial charge in [-0.1, -0.05) is 6.07 Å². The summed E-state index contributed by atoms with van der Waals surface area (Å²) in [5.41, 5.74) is 0.837. The lowest BCUT2D eigenvalue weighted by Gasteiger charge is -2.06. The summed E-state index contributed by atoms with van der Waals surface area (Å²) in [5.74, 6) is 0.626. The monoisotopic (exact) mass is 298 g/mol. The van der Waals surface area contributed by atoms with Gasteiger partial charge in [0.05, 0.1) is 5.69 Å². The van der Waals surface area contributed by atoms with E-state index >= 15 is 0 Å². The van der Waals surface area contributed by atoms with Crippen LogP contribution in [0.1, 0.15) is 5.69 Å². The summed E-state index contributed by atoms with van der Waals surface area (Å²) in [5, 5.41) is 12.5. The Kier molecular flexibility index (Phi) is 4.46. The molecule has 0 bridgehead atoms. The first-order valence-corrected chi connectivity index (χ1v) is 8.01. The molecule has 2 aromatic rings. The molecule has 0 atom stereocenters. The number of aromatic nitrogens is 2. The summed E-state index contributed by atoms with van der Waals surface area (Å²) in [6.45, 7) is 2.59. The molecule has 102 valence electrons. The highest BCUT2D eigenvalue weighted by Crippen LogP contribution is 2.14. The van der Waals surface area contributed by atoms with Crippen LogP contribution in [-0.2, 0) is 10.0 Å². The summed E-state index contributed by atoms with van der Waals surface area (Å²) in [6, 6.07) is 6.92. The normalized spacial score (nSPS) is 11.4. The van der Waals surface area contributed by atoms with E-state index < -0.39 is 10.0 Å². The second-order valence-electron chi connectivity index (χ2n) is 3.82. The summed E-state index contributed by atoms with van der Waals surface area (Å²) in [7, 11) is -3.39. The highest BCUT2D eigenvalue weighted by molar-refractivity contribution is 7.91. The van der Waals surface area contributed by atoms with E-state index in [4.69, 9.17) is 0 Å². The number of thiophene rings is 1. The van der Waals surface area contributed by atoms with E-state index in [0.29, 0.717) is 16.6 Å². The van der Waals surface area contributed by atoms with Crippen molar-refractivity contribution in [2.75, 3.05) is 18.4 Å². The minimum Gasteiger partial charge on any atom is -0.367 e. The molecule has 0 spiro atoms. The topological polar surface area (TPSA) is 84.0 Å². The van der Waals surface area contributed by atoms with Gasteiger partial charge in [0.1, 0.15) is 10.0 Å². The second kappa shape index (κ2) is 6.09. The van der Waals surface area contributed by atoms with E-state index in [1.807, 2.05) is 13.0 Å². The Bertz CT molecular complexity index is 609. The van der Waals surface area contributed by atoms with Gasteiger partial charge in [-0.3, -0.25) is 0 Å². The minimum atomic E-state index is -3.39. The Morgan fingerprint density at radius 2 is 2.05 bits per heavy atom. The average Bonchev–Trinajstić information content (AvgIpc) is 2.91. The van der Waals surface area contributed by atoms with Crippen molar-refractivity contribution in [3.8, 4) is 0 Å². The summed E-state index contributed by atoms with van der Waals surface area (Å²) >= 11 is 1.19. The van der Waals surface area contributed by atoms with Gasteiger partial charge < -0.3 is 5.32 Å². The van der Waals surface area contributed by atoms with Crippen LogP contribution in [0.2, 0.25) is 0 Å². The van der Waals surface area contributed by atoms with E-state index in [0.717, 1.165) is 5.69 Å². The van der Waals surface area contributed by atoms with E-state index in [9.17, 15) is 8.42 Å². The van der Waals surface area contributed by atoms with Crippen molar-refractivity contribution < 1.29 is 8.42 Å². The molecule has 0 saturated carbocycles. The Morgan fingerprint density at radius 3 is 2.68 bits per heavy atom. The van der Waals surface area contributed by atoms with Gasteiger partial charge in [0.15, 0.2) is 0 Å². The van der Waals surface area contributed by atoms with Crippen molar-refractivity contribution in [3.63, 3.8) is 0 Å². The Morgan fingerprint density at radius 1 is 1.21 bits per heavy atom. The number of hydrogen-bond donors (Lipinski definition) is 2. The predicted molar refractivity (Wildman–Crippen MR) is 74.8 cm³/mol. The Balaban J connectivity index is 1.80. The molecule has 0 amide bonds. The van der Waals surface area contributed by atoms with Gasteiger partial charge in [0.2, 0.25) is 10.0 Å². The molecule has 2 heterocycles. The number of anilines is 1. The highest BCUT2D eigenvalue weighted by atomic mass is 32.2. The maximum atomic E-state index is 11.8. The molecule has 0 aliphatic carbocycles. The lowest BCUT2D eigenvalue weighted by atomic mass is 10.4. The fourth-order valence-electron chi connectivity index (χ4n) is 1.36. The van der Waals surface area contributed by atoms with Crippen LogP contribution < -0.4 is 10.0 Å². The molecule has 2 N–H and O–H groups in total.